The normalized spacial score (nSPS) is 21.7. The van der Waals surface area contributed by atoms with Crippen LogP contribution >= 0.6 is 0 Å². The second kappa shape index (κ2) is 5.87. The summed E-state index contributed by atoms with van der Waals surface area (Å²) in [6, 6.07) is -0.00574. The van der Waals surface area contributed by atoms with Crippen molar-refractivity contribution in [1.29, 1.82) is 0 Å². The highest BCUT2D eigenvalue weighted by atomic mass is 32.2. The molecule has 0 aliphatic carbocycles. The number of aromatic nitrogens is 2. The number of anilines is 1. The van der Waals surface area contributed by atoms with E-state index < -0.39 is 9.84 Å². The predicted molar refractivity (Wildman–Crippen MR) is 71.8 cm³/mol. The van der Waals surface area contributed by atoms with Gasteiger partial charge in [0, 0.05) is 19.1 Å². The summed E-state index contributed by atoms with van der Waals surface area (Å²) in [7, 11) is -2.85. The zero-order valence-electron chi connectivity index (χ0n) is 11.3. The van der Waals surface area contributed by atoms with Crippen LogP contribution < -0.4 is 10.2 Å². The Hall–Kier alpha value is -1.15. The number of hydrogen-bond acceptors (Lipinski definition) is 7. The predicted octanol–water partition coefficient (Wildman–Crippen LogP) is 0.193. The van der Waals surface area contributed by atoms with Crippen molar-refractivity contribution in [1.82, 2.24) is 15.5 Å². The van der Waals surface area contributed by atoms with Gasteiger partial charge in [-0.1, -0.05) is 0 Å². The number of nitrogens with zero attached hydrogens (tertiary/aromatic N) is 3. The zero-order chi connectivity index (χ0) is 13.9. The fourth-order valence-electron chi connectivity index (χ4n) is 2.14. The van der Waals surface area contributed by atoms with Gasteiger partial charge in [-0.2, -0.15) is 4.98 Å². The van der Waals surface area contributed by atoms with Crippen molar-refractivity contribution in [3.8, 4) is 0 Å². The molecule has 1 atom stereocenters. The topological polar surface area (TPSA) is 88.3 Å². The lowest BCUT2D eigenvalue weighted by Gasteiger charge is -2.14. The molecule has 1 aliphatic heterocycles. The van der Waals surface area contributed by atoms with Crippen LogP contribution in [0.4, 0.5) is 5.95 Å². The summed E-state index contributed by atoms with van der Waals surface area (Å²) in [5, 5.41) is 7.06. The smallest absolute Gasteiger partial charge is 0.266 e. The van der Waals surface area contributed by atoms with Gasteiger partial charge in [-0.05, 0) is 25.4 Å². The summed E-state index contributed by atoms with van der Waals surface area (Å²) < 4.78 is 27.8. The molecule has 1 aromatic rings. The maximum Gasteiger partial charge on any atom is 0.266 e. The molecule has 8 heteroatoms. The average Bonchev–Trinajstić information content (AvgIpc) is 2.95. The molecule has 0 aromatic carbocycles. The molecular weight excluding hydrogens is 268 g/mol. The van der Waals surface area contributed by atoms with Gasteiger partial charge in [-0.15, -0.1) is 0 Å². The number of rotatable bonds is 6. The Morgan fingerprint density at radius 3 is 2.74 bits per heavy atom. The van der Waals surface area contributed by atoms with Crippen LogP contribution in [0.1, 0.15) is 26.2 Å². The van der Waals surface area contributed by atoms with Crippen LogP contribution in [0.2, 0.25) is 0 Å². The number of hydrogen-bond donors (Lipinski definition) is 1. The molecule has 0 bridgehead atoms. The summed E-state index contributed by atoms with van der Waals surface area (Å²) in [6.45, 7) is 6.12. The first-order valence-corrected chi connectivity index (χ1v) is 8.37. The third-order valence-corrected chi connectivity index (χ3v) is 5.05. The Morgan fingerprint density at radius 2 is 2.16 bits per heavy atom. The van der Waals surface area contributed by atoms with Gasteiger partial charge in [-0.25, -0.2) is 8.42 Å². The van der Waals surface area contributed by atoms with E-state index in [2.05, 4.69) is 15.5 Å². The van der Waals surface area contributed by atoms with Crippen molar-refractivity contribution in [2.45, 2.75) is 32.9 Å². The molecule has 108 valence electrons. The standard InChI is InChI=1S/C11H20N4O3S/c1-3-15(4-2)11-13-10(18-14-11)7-12-9-5-6-19(16,17)8-9/h9,12H,3-8H2,1-2H3. The van der Waals surface area contributed by atoms with E-state index in [1.807, 2.05) is 18.7 Å². The second-order valence-corrected chi connectivity index (χ2v) is 6.87. The molecule has 2 rings (SSSR count). The van der Waals surface area contributed by atoms with Crippen LogP contribution in [-0.2, 0) is 16.4 Å². The molecule has 1 unspecified atom stereocenters. The maximum atomic E-state index is 11.3. The van der Waals surface area contributed by atoms with E-state index in [4.69, 9.17) is 4.52 Å². The van der Waals surface area contributed by atoms with Crippen LogP contribution in [-0.4, -0.2) is 49.2 Å². The highest BCUT2D eigenvalue weighted by Crippen LogP contribution is 2.13. The molecule has 7 nitrogen and oxygen atoms in total. The van der Waals surface area contributed by atoms with E-state index in [-0.39, 0.29) is 17.5 Å². The molecule has 0 amide bonds. The molecule has 2 heterocycles. The number of nitrogens with one attached hydrogen (secondary N) is 1. The van der Waals surface area contributed by atoms with Crippen molar-refractivity contribution < 1.29 is 12.9 Å². The quantitative estimate of drug-likeness (QED) is 0.799. The molecule has 1 saturated heterocycles. The molecule has 1 fully saturated rings. The van der Waals surface area contributed by atoms with E-state index in [9.17, 15) is 8.42 Å². The molecular formula is C11H20N4O3S. The van der Waals surface area contributed by atoms with Crippen LogP contribution in [0.15, 0.2) is 4.52 Å². The highest BCUT2D eigenvalue weighted by molar-refractivity contribution is 7.91. The summed E-state index contributed by atoms with van der Waals surface area (Å²) in [6.07, 6.45) is 0.652. The fourth-order valence-corrected chi connectivity index (χ4v) is 3.85. The van der Waals surface area contributed by atoms with Crippen molar-refractivity contribution >= 4 is 15.8 Å². The van der Waals surface area contributed by atoms with Crippen molar-refractivity contribution in [3.05, 3.63) is 5.89 Å². The van der Waals surface area contributed by atoms with Gasteiger partial charge in [0.25, 0.3) is 5.95 Å². The molecule has 19 heavy (non-hydrogen) atoms. The zero-order valence-corrected chi connectivity index (χ0v) is 12.1. The van der Waals surface area contributed by atoms with Gasteiger partial charge < -0.3 is 14.7 Å². The minimum absolute atomic E-state index is 0.00574. The van der Waals surface area contributed by atoms with Gasteiger partial charge in [0.05, 0.1) is 18.1 Å². The summed E-state index contributed by atoms with van der Waals surface area (Å²) >= 11 is 0. The summed E-state index contributed by atoms with van der Waals surface area (Å²) in [4.78, 5) is 6.28. The van der Waals surface area contributed by atoms with Crippen molar-refractivity contribution in [3.63, 3.8) is 0 Å². The lowest BCUT2D eigenvalue weighted by molar-refractivity contribution is 0.359. The SMILES string of the molecule is CCN(CC)c1noc(CNC2CCS(=O)(=O)C2)n1. The van der Waals surface area contributed by atoms with Crippen LogP contribution in [0.5, 0.6) is 0 Å². The Balaban J connectivity index is 1.87. The average molecular weight is 288 g/mol. The van der Waals surface area contributed by atoms with Gasteiger partial charge in [0.2, 0.25) is 5.89 Å². The van der Waals surface area contributed by atoms with Gasteiger partial charge in [0.15, 0.2) is 9.84 Å². The van der Waals surface area contributed by atoms with Gasteiger partial charge in [0.1, 0.15) is 0 Å². The van der Waals surface area contributed by atoms with Crippen molar-refractivity contribution in [2.75, 3.05) is 29.5 Å². The van der Waals surface area contributed by atoms with E-state index >= 15 is 0 Å². The van der Waals surface area contributed by atoms with E-state index in [0.717, 1.165) is 13.1 Å². The minimum atomic E-state index is -2.85. The van der Waals surface area contributed by atoms with Crippen LogP contribution in [0, 0.1) is 0 Å². The lowest BCUT2D eigenvalue weighted by Crippen LogP contribution is -2.29. The maximum absolute atomic E-state index is 11.3. The minimum Gasteiger partial charge on any atom is -0.339 e. The van der Waals surface area contributed by atoms with E-state index in [1.165, 1.54) is 0 Å². The largest absolute Gasteiger partial charge is 0.339 e. The summed E-state index contributed by atoms with van der Waals surface area (Å²) in [5.41, 5.74) is 0. The Bertz CT molecular complexity index is 510. The monoisotopic (exact) mass is 288 g/mol. The Morgan fingerprint density at radius 1 is 1.42 bits per heavy atom. The molecule has 1 aliphatic rings. The molecule has 1 N–H and O–H groups in total. The van der Waals surface area contributed by atoms with Crippen LogP contribution in [0.25, 0.3) is 0 Å². The first-order valence-electron chi connectivity index (χ1n) is 6.55. The Labute approximate surface area is 113 Å². The third kappa shape index (κ3) is 3.66. The number of sulfone groups is 1. The fraction of sp³-hybridized carbons (Fsp3) is 0.818. The molecule has 1 aromatic heterocycles. The molecule has 0 spiro atoms. The first-order chi connectivity index (χ1) is 9.04. The van der Waals surface area contributed by atoms with Crippen LogP contribution in [0.3, 0.4) is 0 Å². The van der Waals surface area contributed by atoms with Gasteiger partial charge in [-0.3, -0.25) is 0 Å². The molecule has 0 radical (unpaired) electrons. The van der Waals surface area contributed by atoms with Crippen molar-refractivity contribution in [2.24, 2.45) is 0 Å². The first kappa shape index (κ1) is 14.3. The lowest BCUT2D eigenvalue weighted by atomic mass is 10.3. The highest BCUT2D eigenvalue weighted by Gasteiger charge is 2.27. The third-order valence-electron chi connectivity index (χ3n) is 3.28. The Kier molecular flexibility index (Phi) is 4.41. The van der Waals surface area contributed by atoms with E-state index in [0.29, 0.717) is 24.8 Å². The van der Waals surface area contributed by atoms with E-state index in [1.54, 1.807) is 0 Å². The molecule has 0 saturated carbocycles. The summed E-state index contributed by atoms with van der Waals surface area (Å²) in [5.74, 6) is 1.54. The van der Waals surface area contributed by atoms with Gasteiger partial charge >= 0.3 is 0 Å². The second-order valence-electron chi connectivity index (χ2n) is 4.64.